The highest BCUT2D eigenvalue weighted by Gasteiger charge is 2.37. The summed E-state index contributed by atoms with van der Waals surface area (Å²) < 4.78 is 9.50. The van der Waals surface area contributed by atoms with Gasteiger partial charge in [-0.1, -0.05) is 18.2 Å². The number of methoxy groups -OCH3 is 2. The van der Waals surface area contributed by atoms with Crippen LogP contribution in [0.5, 0.6) is 0 Å². The highest BCUT2D eigenvalue weighted by atomic mass is 16.5. The fraction of sp³-hybridized carbons (Fsp3) is 0.211. The Morgan fingerprint density at radius 2 is 1.56 bits per heavy atom. The zero-order chi connectivity index (χ0) is 18.0. The van der Waals surface area contributed by atoms with Gasteiger partial charge in [-0.15, -0.1) is 0 Å². The summed E-state index contributed by atoms with van der Waals surface area (Å²) in [5, 5.41) is 0. The van der Waals surface area contributed by atoms with Crippen molar-refractivity contribution in [2.45, 2.75) is 5.92 Å². The number of rotatable bonds is 3. The molecule has 0 aromatic heterocycles. The van der Waals surface area contributed by atoms with Crippen LogP contribution in [0.1, 0.15) is 32.2 Å². The van der Waals surface area contributed by atoms with E-state index in [1.165, 1.54) is 14.2 Å². The molecule has 2 aromatic carbocycles. The van der Waals surface area contributed by atoms with E-state index in [4.69, 9.17) is 4.74 Å². The summed E-state index contributed by atoms with van der Waals surface area (Å²) in [6, 6.07) is 13.5. The van der Waals surface area contributed by atoms with Gasteiger partial charge >= 0.3 is 11.9 Å². The second kappa shape index (κ2) is 6.76. The van der Waals surface area contributed by atoms with Crippen LogP contribution in [0.4, 0.5) is 5.69 Å². The second-order valence-electron chi connectivity index (χ2n) is 5.62. The number of para-hydroxylation sites is 1. The van der Waals surface area contributed by atoms with Crippen molar-refractivity contribution < 1.29 is 23.9 Å². The lowest BCUT2D eigenvalue weighted by atomic mass is 10.0. The molecule has 0 aliphatic carbocycles. The third kappa shape index (κ3) is 2.98. The maximum Gasteiger partial charge on any atom is 0.337 e. The number of carbonyl (C=O) groups is 3. The number of amides is 1. The lowest BCUT2D eigenvalue weighted by molar-refractivity contribution is -0.141. The van der Waals surface area contributed by atoms with E-state index in [-0.39, 0.29) is 18.4 Å². The van der Waals surface area contributed by atoms with E-state index in [1.807, 2.05) is 18.2 Å². The molecule has 6 nitrogen and oxygen atoms in total. The molecular formula is C19H17NO5. The van der Waals surface area contributed by atoms with E-state index in [0.29, 0.717) is 16.8 Å². The number of esters is 2. The number of hydrogen-bond acceptors (Lipinski definition) is 5. The Balaban J connectivity index is 1.90. The Hall–Kier alpha value is -3.15. The SMILES string of the molecule is COC(=O)c1ccc(C(=O)N2CC(C(=O)OC)c3ccccc32)cc1. The number of benzene rings is 2. The standard InChI is InChI=1S/C19H17NO5/c1-24-18(22)13-9-7-12(8-10-13)17(21)20-11-15(19(23)25-2)14-5-3-4-6-16(14)20/h3-10,15H,11H2,1-2H3. The van der Waals surface area contributed by atoms with Gasteiger partial charge in [-0.05, 0) is 35.9 Å². The number of ether oxygens (including phenoxy) is 2. The normalized spacial score (nSPS) is 15.4. The molecule has 1 heterocycles. The molecule has 0 fully saturated rings. The summed E-state index contributed by atoms with van der Waals surface area (Å²) in [5.41, 5.74) is 2.26. The van der Waals surface area contributed by atoms with Gasteiger partial charge in [0.15, 0.2) is 0 Å². The summed E-state index contributed by atoms with van der Waals surface area (Å²) in [4.78, 5) is 38.0. The fourth-order valence-corrected chi connectivity index (χ4v) is 2.97. The van der Waals surface area contributed by atoms with Crippen LogP contribution < -0.4 is 4.90 Å². The van der Waals surface area contributed by atoms with Gasteiger partial charge in [-0.3, -0.25) is 9.59 Å². The largest absolute Gasteiger partial charge is 0.468 e. The van der Waals surface area contributed by atoms with Crippen LogP contribution in [0.3, 0.4) is 0 Å². The topological polar surface area (TPSA) is 72.9 Å². The Kier molecular flexibility index (Phi) is 4.52. The maximum absolute atomic E-state index is 12.9. The fourth-order valence-electron chi connectivity index (χ4n) is 2.97. The summed E-state index contributed by atoms with van der Waals surface area (Å²) in [7, 11) is 2.64. The van der Waals surface area contributed by atoms with Crippen molar-refractivity contribution in [1.82, 2.24) is 0 Å². The molecule has 2 aromatic rings. The Labute approximate surface area is 145 Å². The van der Waals surface area contributed by atoms with E-state index in [2.05, 4.69) is 4.74 Å². The first-order valence-electron chi connectivity index (χ1n) is 7.73. The average Bonchev–Trinajstić information content (AvgIpc) is 3.06. The Morgan fingerprint density at radius 3 is 2.20 bits per heavy atom. The number of fused-ring (bicyclic) bond motifs is 1. The first kappa shape index (κ1) is 16.7. The van der Waals surface area contributed by atoms with Crippen molar-refractivity contribution in [3.05, 3.63) is 65.2 Å². The van der Waals surface area contributed by atoms with Gasteiger partial charge in [0.05, 0.1) is 19.8 Å². The Morgan fingerprint density at radius 1 is 0.920 bits per heavy atom. The van der Waals surface area contributed by atoms with Gasteiger partial charge in [0.2, 0.25) is 0 Å². The van der Waals surface area contributed by atoms with Gasteiger partial charge in [0.25, 0.3) is 5.91 Å². The first-order valence-corrected chi connectivity index (χ1v) is 7.73. The van der Waals surface area contributed by atoms with E-state index in [1.54, 1.807) is 35.2 Å². The number of nitrogens with zero attached hydrogens (tertiary/aromatic N) is 1. The molecule has 0 spiro atoms. The molecule has 1 atom stereocenters. The van der Waals surface area contributed by atoms with Crippen molar-refractivity contribution in [3.63, 3.8) is 0 Å². The zero-order valence-electron chi connectivity index (χ0n) is 13.9. The number of carbonyl (C=O) groups excluding carboxylic acids is 3. The van der Waals surface area contributed by atoms with Crippen molar-refractivity contribution in [3.8, 4) is 0 Å². The maximum atomic E-state index is 12.9. The van der Waals surface area contributed by atoms with Crippen LogP contribution in [-0.2, 0) is 14.3 Å². The molecule has 0 saturated heterocycles. The third-order valence-corrected chi connectivity index (χ3v) is 4.25. The van der Waals surface area contributed by atoms with Crippen LogP contribution in [0, 0.1) is 0 Å². The molecule has 1 unspecified atom stereocenters. The second-order valence-corrected chi connectivity index (χ2v) is 5.62. The van der Waals surface area contributed by atoms with Crippen molar-refractivity contribution in [2.24, 2.45) is 0 Å². The summed E-state index contributed by atoms with van der Waals surface area (Å²) in [6.07, 6.45) is 0. The molecular weight excluding hydrogens is 322 g/mol. The average molecular weight is 339 g/mol. The van der Waals surface area contributed by atoms with Crippen LogP contribution in [0.15, 0.2) is 48.5 Å². The molecule has 128 valence electrons. The highest BCUT2D eigenvalue weighted by Crippen LogP contribution is 2.37. The molecule has 1 amide bonds. The molecule has 1 aliphatic heterocycles. The smallest absolute Gasteiger partial charge is 0.337 e. The van der Waals surface area contributed by atoms with Crippen LogP contribution in [0.2, 0.25) is 0 Å². The minimum atomic E-state index is -0.500. The summed E-state index contributed by atoms with van der Waals surface area (Å²) in [5.74, 6) is -1.57. The molecule has 25 heavy (non-hydrogen) atoms. The van der Waals surface area contributed by atoms with Crippen molar-refractivity contribution in [2.75, 3.05) is 25.7 Å². The predicted octanol–water partition coefficient (Wildman–Crippen LogP) is 2.39. The Bertz CT molecular complexity index is 828. The lowest BCUT2D eigenvalue weighted by Gasteiger charge is -2.17. The molecule has 6 heteroatoms. The van der Waals surface area contributed by atoms with Gasteiger partial charge < -0.3 is 14.4 Å². The monoisotopic (exact) mass is 339 g/mol. The van der Waals surface area contributed by atoms with Crippen molar-refractivity contribution >= 4 is 23.5 Å². The van der Waals surface area contributed by atoms with E-state index >= 15 is 0 Å². The molecule has 0 bridgehead atoms. The van der Waals surface area contributed by atoms with E-state index in [0.717, 1.165) is 5.56 Å². The molecule has 3 rings (SSSR count). The minimum Gasteiger partial charge on any atom is -0.468 e. The number of hydrogen-bond donors (Lipinski definition) is 0. The van der Waals surface area contributed by atoms with E-state index in [9.17, 15) is 14.4 Å². The van der Waals surface area contributed by atoms with Gasteiger partial charge in [-0.2, -0.15) is 0 Å². The van der Waals surface area contributed by atoms with Crippen LogP contribution >= 0.6 is 0 Å². The van der Waals surface area contributed by atoms with Crippen molar-refractivity contribution in [1.29, 1.82) is 0 Å². The minimum absolute atomic E-state index is 0.226. The first-order chi connectivity index (χ1) is 12.1. The summed E-state index contributed by atoms with van der Waals surface area (Å²) >= 11 is 0. The highest BCUT2D eigenvalue weighted by molar-refractivity contribution is 6.09. The lowest BCUT2D eigenvalue weighted by Crippen LogP contribution is -2.31. The van der Waals surface area contributed by atoms with Gasteiger partial charge in [0.1, 0.15) is 5.92 Å². The van der Waals surface area contributed by atoms with E-state index < -0.39 is 11.9 Å². The van der Waals surface area contributed by atoms with Gasteiger partial charge in [-0.25, -0.2) is 4.79 Å². The zero-order valence-corrected chi connectivity index (χ0v) is 13.9. The predicted molar refractivity (Wildman–Crippen MR) is 90.7 cm³/mol. The number of anilines is 1. The molecule has 0 saturated carbocycles. The molecule has 0 N–H and O–H groups in total. The van der Waals surface area contributed by atoms with Crippen LogP contribution in [-0.4, -0.2) is 38.6 Å². The molecule has 1 aliphatic rings. The van der Waals surface area contributed by atoms with Gasteiger partial charge in [0, 0.05) is 17.8 Å². The quantitative estimate of drug-likeness (QED) is 0.803. The molecule has 0 radical (unpaired) electrons. The summed E-state index contributed by atoms with van der Waals surface area (Å²) in [6.45, 7) is 0.226. The van der Waals surface area contributed by atoms with Crippen LogP contribution in [0.25, 0.3) is 0 Å². The third-order valence-electron chi connectivity index (χ3n) is 4.25.